The molecule has 0 atom stereocenters. The molecule has 0 radical (unpaired) electrons. The first-order valence-electron chi connectivity index (χ1n) is 6.10. The van der Waals surface area contributed by atoms with Crippen molar-refractivity contribution in [3.8, 4) is 0 Å². The standard InChI is InChI=1S/C14H18FNO/c1-10-4-5-11(15)8-12(10)13(17)14(9-16)6-2-3-7-14/h4-5,8H,2-3,6-7,9,16H2,1H3. The van der Waals surface area contributed by atoms with Crippen LogP contribution in [0.2, 0.25) is 0 Å². The predicted octanol–water partition coefficient (Wildman–Crippen LogP) is 2.84. The number of halogens is 1. The van der Waals surface area contributed by atoms with Gasteiger partial charge in [-0.2, -0.15) is 0 Å². The van der Waals surface area contributed by atoms with Gasteiger partial charge in [-0.25, -0.2) is 4.39 Å². The van der Waals surface area contributed by atoms with Crippen molar-refractivity contribution in [3.05, 3.63) is 35.1 Å². The second kappa shape index (κ2) is 4.57. The Morgan fingerprint density at radius 2 is 2.06 bits per heavy atom. The Morgan fingerprint density at radius 3 is 2.65 bits per heavy atom. The van der Waals surface area contributed by atoms with Crippen LogP contribution in [0, 0.1) is 18.2 Å². The first kappa shape index (κ1) is 12.2. The molecule has 0 saturated heterocycles. The van der Waals surface area contributed by atoms with E-state index in [0.717, 1.165) is 31.2 Å². The van der Waals surface area contributed by atoms with E-state index >= 15 is 0 Å². The van der Waals surface area contributed by atoms with Crippen molar-refractivity contribution in [2.45, 2.75) is 32.6 Å². The molecule has 17 heavy (non-hydrogen) atoms. The molecule has 0 spiro atoms. The minimum Gasteiger partial charge on any atom is -0.329 e. The van der Waals surface area contributed by atoms with Crippen molar-refractivity contribution in [2.24, 2.45) is 11.1 Å². The fraction of sp³-hybridized carbons (Fsp3) is 0.500. The van der Waals surface area contributed by atoms with Crippen LogP contribution in [0.25, 0.3) is 0 Å². The van der Waals surface area contributed by atoms with Gasteiger partial charge in [-0.15, -0.1) is 0 Å². The molecule has 1 fully saturated rings. The van der Waals surface area contributed by atoms with Crippen molar-refractivity contribution < 1.29 is 9.18 Å². The average molecular weight is 235 g/mol. The highest BCUT2D eigenvalue weighted by Gasteiger charge is 2.40. The highest BCUT2D eigenvalue weighted by molar-refractivity contribution is 6.02. The van der Waals surface area contributed by atoms with Gasteiger partial charge in [-0.05, 0) is 37.5 Å². The minimum absolute atomic E-state index is 0.0227. The van der Waals surface area contributed by atoms with Crippen LogP contribution in [0.5, 0.6) is 0 Å². The maximum atomic E-state index is 13.2. The summed E-state index contributed by atoms with van der Waals surface area (Å²) < 4.78 is 13.2. The molecule has 0 unspecified atom stereocenters. The molecule has 0 aromatic heterocycles. The highest BCUT2D eigenvalue weighted by Crippen LogP contribution is 2.40. The number of rotatable bonds is 3. The summed E-state index contributed by atoms with van der Waals surface area (Å²) in [5.41, 5.74) is 6.66. The third kappa shape index (κ3) is 2.12. The molecule has 1 saturated carbocycles. The third-order valence-corrected chi connectivity index (χ3v) is 3.88. The second-order valence-electron chi connectivity index (χ2n) is 4.98. The van der Waals surface area contributed by atoms with Gasteiger partial charge in [0, 0.05) is 17.5 Å². The molecule has 0 heterocycles. The number of hydrogen-bond donors (Lipinski definition) is 1. The lowest BCUT2D eigenvalue weighted by molar-refractivity contribution is 0.0808. The maximum absolute atomic E-state index is 13.2. The van der Waals surface area contributed by atoms with E-state index in [0.29, 0.717) is 12.1 Å². The smallest absolute Gasteiger partial charge is 0.170 e. The Labute approximate surface area is 101 Å². The number of Topliss-reactive ketones (excluding diaryl/α,β-unsaturated/α-hetero) is 1. The topological polar surface area (TPSA) is 43.1 Å². The molecule has 92 valence electrons. The Bertz CT molecular complexity index is 436. The van der Waals surface area contributed by atoms with E-state index in [1.165, 1.54) is 12.1 Å². The van der Waals surface area contributed by atoms with E-state index in [-0.39, 0.29) is 11.6 Å². The molecule has 2 nitrogen and oxygen atoms in total. The largest absolute Gasteiger partial charge is 0.329 e. The van der Waals surface area contributed by atoms with Crippen LogP contribution in [0.3, 0.4) is 0 Å². The van der Waals surface area contributed by atoms with E-state index in [1.807, 2.05) is 6.92 Å². The molecule has 2 rings (SSSR count). The van der Waals surface area contributed by atoms with Gasteiger partial charge >= 0.3 is 0 Å². The van der Waals surface area contributed by atoms with Crippen LogP contribution in [-0.2, 0) is 0 Å². The molecule has 1 aliphatic rings. The number of ketones is 1. The summed E-state index contributed by atoms with van der Waals surface area (Å²) in [6.07, 6.45) is 3.74. The summed E-state index contributed by atoms with van der Waals surface area (Å²) >= 11 is 0. The van der Waals surface area contributed by atoms with Crippen molar-refractivity contribution in [3.63, 3.8) is 0 Å². The molecule has 1 aromatic carbocycles. The van der Waals surface area contributed by atoms with Crippen LogP contribution in [0.1, 0.15) is 41.6 Å². The van der Waals surface area contributed by atoms with Crippen LogP contribution in [0.4, 0.5) is 4.39 Å². The van der Waals surface area contributed by atoms with Gasteiger partial charge in [0.05, 0.1) is 0 Å². The van der Waals surface area contributed by atoms with Gasteiger partial charge in [0.15, 0.2) is 5.78 Å². The van der Waals surface area contributed by atoms with Crippen molar-refractivity contribution >= 4 is 5.78 Å². The molecule has 2 N–H and O–H groups in total. The number of aryl methyl sites for hydroxylation is 1. The zero-order chi connectivity index (χ0) is 12.5. The lowest BCUT2D eigenvalue weighted by Crippen LogP contribution is -2.36. The van der Waals surface area contributed by atoms with Gasteiger partial charge in [0.2, 0.25) is 0 Å². The van der Waals surface area contributed by atoms with E-state index in [4.69, 9.17) is 5.73 Å². The Kier molecular flexibility index (Phi) is 3.29. The van der Waals surface area contributed by atoms with Gasteiger partial charge in [-0.3, -0.25) is 4.79 Å². The first-order valence-corrected chi connectivity index (χ1v) is 6.10. The Morgan fingerprint density at radius 1 is 1.41 bits per heavy atom. The molecular weight excluding hydrogens is 217 g/mol. The van der Waals surface area contributed by atoms with Gasteiger partial charge in [-0.1, -0.05) is 18.9 Å². The molecule has 3 heteroatoms. The number of hydrogen-bond acceptors (Lipinski definition) is 2. The SMILES string of the molecule is Cc1ccc(F)cc1C(=O)C1(CN)CCCC1. The summed E-state index contributed by atoms with van der Waals surface area (Å²) in [4.78, 5) is 12.5. The van der Waals surface area contributed by atoms with Crippen molar-refractivity contribution in [1.82, 2.24) is 0 Å². The molecule has 0 aliphatic heterocycles. The normalized spacial score (nSPS) is 18.3. The summed E-state index contributed by atoms with van der Waals surface area (Å²) in [5, 5.41) is 0. The lowest BCUT2D eigenvalue weighted by atomic mass is 9.78. The Balaban J connectivity index is 2.39. The summed E-state index contributed by atoms with van der Waals surface area (Å²) in [5.74, 6) is -0.335. The summed E-state index contributed by atoms with van der Waals surface area (Å²) in [6.45, 7) is 2.20. The fourth-order valence-electron chi connectivity index (χ4n) is 2.70. The van der Waals surface area contributed by atoms with Crippen LogP contribution < -0.4 is 5.73 Å². The summed E-state index contributed by atoms with van der Waals surface area (Å²) in [7, 11) is 0. The van der Waals surface area contributed by atoms with E-state index < -0.39 is 5.41 Å². The fourth-order valence-corrected chi connectivity index (χ4v) is 2.70. The monoisotopic (exact) mass is 235 g/mol. The molecule has 1 aromatic rings. The minimum atomic E-state index is -0.446. The third-order valence-electron chi connectivity index (χ3n) is 3.88. The number of carbonyl (C=O) groups is 1. The Hall–Kier alpha value is -1.22. The van der Waals surface area contributed by atoms with Crippen molar-refractivity contribution in [1.29, 1.82) is 0 Å². The lowest BCUT2D eigenvalue weighted by Gasteiger charge is -2.26. The van der Waals surface area contributed by atoms with E-state index in [1.54, 1.807) is 6.07 Å². The molecule has 0 amide bonds. The zero-order valence-corrected chi connectivity index (χ0v) is 10.1. The number of benzene rings is 1. The average Bonchev–Trinajstić information content (AvgIpc) is 2.81. The molecule has 1 aliphatic carbocycles. The number of carbonyl (C=O) groups excluding carboxylic acids is 1. The first-order chi connectivity index (χ1) is 8.09. The number of nitrogens with two attached hydrogens (primary N) is 1. The van der Waals surface area contributed by atoms with E-state index in [2.05, 4.69) is 0 Å². The quantitative estimate of drug-likeness (QED) is 0.819. The maximum Gasteiger partial charge on any atom is 0.170 e. The predicted molar refractivity (Wildman–Crippen MR) is 65.4 cm³/mol. The molecular formula is C14H18FNO. The van der Waals surface area contributed by atoms with Crippen LogP contribution in [0.15, 0.2) is 18.2 Å². The van der Waals surface area contributed by atoms with Crippen LogP contribution >= 0.6 is 0 Å². The second-order valence-corrected chi connectivity index (χ2v) is 4.98. The van der Waals surface area contributed by atoms with Gasteiger partial charge in [0.1, 0.15) is 5.82 Å². The van der Waals surface area contributed by atoms with E-state index in [9.17, 15) is 9.18 Å². The molecule has 0 bridgehead atoms. The van der Waals surface area contributed by atoms with Gasteiger partial charge < -0.3 is 5.73 Å². The zero-order valence-electron chi connectivity index (χ0n) is 10.1. The van der Waals surface area contributed by atoms with Gasteiger partial charge in [0.25, 0.3) is 0 Å². The van der Waals surface area contributed by atoms with Crippen molar-refractivity contribution in [2.75, 3.05) is 6.54 Å². The summed E-state index contributed by atoms with van der Waals surface area (Å²) in [6, 6.07) is 4.38. The highest BCUT2D eigenvalue weighted by atomic mass is 19.1. The van der Waals surface area contributed by atoms with Crippen LogP contribution in [-0.4, -0.2) is 12.3 Å².